The molecule has 8 heteroatoms. The minimum Gasteiger partial charge on any atom is -0.508 e. The standard InChI is InChI=1S/C14H9Cl2N3O2S/c15-9-3-1-2-8(12(9)16)13-14(22)17-18-19(13)10-5-4-7(20)6-11(10)21/h1-6,20-22H. The molecular weight excluding hydrogens is 345 g/mol. The minimum atomic E-state index is -0.155. The van der Waals surface area contributed by atoms with Gasteiger partial charge in [0.25, 0.3) is 0 Å². The summed E-state index contributed by atoms with van der Waals surface area (Å²) in [7, 11) is 0. The molecule has 2 N–H and O–H groups in total. The fourth-order valence-corrected chi connectivity index (χ4v) is 2.70. The summed E-state index contributed by atoms with van der Waals surface area (Å²) in [6.07, 6.45) is 0. The number of thiol groups is 1. The Kier molecular flexibility index (Phi) is 3.90. The summed E-state index contributed by atoms with van der Waals surface area (Å²) in [6, 6.07) is 9.30. The van der Waals surface area contributed by atoms with E-state index in [1.807, 2.05) is 0 Å². The van der Waals surface area contributed by atoms with Crippen LogP contribution in [0.5, 0.6) is 11.5 Å². The average Bonchev–Trinajstić information content (AvgIpc) is 2.84. The number of aromatic nitrogens is 3. The molecule has 1 aromatic heterocycles. The third-order valence-electron chi connectivity index (χ3n) is 3.05. The third kappa shape index (κ3) is 2.49. The van der Waals surface area contributed by atoms with Gasteiger partial charge >= 0.3 is 0 Å². The van der Waals surface area contributed by atoms with Crippen LogP contribution < -0.4 is 0 Å². The van der Waals surface area contributed by atoms with Crippen molar-refractivity contribution in [3.63, 3.8) is 0 Å². The predicted octanol–water partition coefficient (Wildman–Crippen LogP) is 3.94. The van der Waals surface area contributed by atoms with E-state index in [-0.39, 0.29) is 11.5 Å². The van der Waals surface area contributed by atoms with Crippen LogP contribution in [0.15, 0.2) is 41.4 Å². The highest BCUT2D eigenvalue weighted by molar-refractivity contribution is 7.80. The number of aromatic hydroxyl groups is 2. The van der Waals surface area contributed by atoms with Crippen molar-refractivity contribution in [2.45, 2.75) is 5.03 Å². The van der Waals surface area contributed by atoms with Crippen molar-refractivity contribution >= 4 is 35.8 Å². The van der Waals surface area contributed by atoms with Crippen molar-refractivity contribution in [3.8, 4) is 28.4 Å². The average molecular weight is 354 g/mol. The highest BCUT2D eigenvalue weighted by Gasteiger charge is 2.19. The predicted molar refractivity (Wildman–Crippen MR) is 87.4 cm³/mol. The van der Waals surface area contributed by atoms with Crippen LogP contribution in [0.1, 0.15) is 0 Å². The number of hydrogen-bond donors (Lipinski definition) is 3. The van der Waals surface area contributed by atoms with Crippen LogP contribution in [0.3, 0.4) is 0 Å². The van der Waals surface area contributed by atoms with E-state index in [0.717, 1.165) is 0 Å². The van der Waals surface area contributed by atoms with Crippen LogP contribution in [0, 0.1) is 0 Å². The molecule has 0 saturated heterocycles. The second-order valence-electron chi connectivity index (χ2n) is 4.45. The zero-order valence-corrected chi connectivity index (χ0v) is 13.3. The van der Waals surface area contributed by atoms with Gasteiger partial charge < -0.3 is 10.2 Å². The number of nitrogens with zero attached hydrogens (tertiary/aromatic N) is 3. The first-order valence-corrected chi connectivity index (χ1v) is 7.30. The summed E-state index contributed by atoms with van der Waals surface area (Å²) >= 11 is 16.6. The first-order chi connectivity index (χ1) is 10.5. The summed E-state index contributed by atoms with van der Waals surface area (Å²) < 4.78 is 1.38. The van der Waals surface area contributed by atoms with E-state index in [4.69, 9.17) is 23.2 Å². The Morgan fingerprint density at radius 3 is 2.59 bits per heavy atom. The number of rotatable bonds is 2. The number of phenolic OH excluding ortho intramolecular Hbond substituents is 2. The topological polar surface area (TPSA) is 71.2 Å². The van der Waals surface area contributed by atoms with E-state index >= 15 is 0 Å². The molecule has 0 unspecified atom stereocenters. The molecule has 3 aromatic rings. The lowest BCUT2D eigenvalue weighted by atomic mass is 10.1. The van der Waals surface area contributed by atoms with E-state index in [0.29, 0.717) is 32.0 Å². The molecule has 22 heavy (non-hydrogen) atoms. The summed E-state index contributed by atoms with van der Waals surface area (Å²) in [5.41, 5.74) is 1.39. The third-order valence-corrected chi connectivity index (χ3v) is 4.17. The number of benzene rings is 2. The highest BCUT2D eigenvalue weighted by atomic mass is 35.5. The molecule has 0 saturated carbocycles. The molecule has 0 radical (unpaired) electrons. The fourth-order valence-electron chi connectivity index (χ4n) is 2.05. The molecule has 1 heterocycles. The molecule has 0 aliphatic heterocycles. The molecule has 0 aliphatic rings. The van der Waals surface area contributed by atoms with Crippen molar-refractivity contribution in [1.29, 1.82) is 0 Å². The summed E-state index contributed by atoms with van der Waals surface area (Å²) in [5.74, 6) is -0.215. The molecule has 0 fully saturated rings. The minimum absolute atomic E-state index is 0.0604. The van der Waals surface area contributed by atoms with E-state index < -0.39 is 0 Å². The van der Waals surface area contributed by atoms with E-state index in [1.165, 1.54) is 22.9 Å². The Bertz CT molecular complexity index is 867. The van der Waals surface area contributed by atoms with Gasteiger partial charge in [0.1, 0.15) is 27.9 Å². The molecule has 0 aliphatic carbocycles. The molecule has 0 atom stereocenters. The number of halogens is 2. The van der Waals surface area contributed by atoms with Gasteiger partial charge in [-0.25, -0.2) is 4.68 Å². The first kappa shape index (κ1) is 15.0. The molecule has 5 nitrogen and oxygen atoms in total. The maximum Gasteiger partial charge on any atom is 0.145 e. The quantitative estimate of drug-likeness (QED) is 0.610. The monoisotopic (exact) mass is 353 g/mol. The molecule has 3 rings (SSSR count). The zero-order valence-electron chi connectivity index (χ0n) is 10.9. The Balaban J connectivity index is 2.26. The second-order valence-corrected chi connectivity index (χ2v) is 5.66. The molecular formula is C14H9Cl2N3O2S. The van der Waals surface area contributed by atoms with Gasteiger partial charge in [-0.1, -0.05) is 40.5 Å². The summed E-state index contributed by atoms with van der Waals surface area (Å²) in [5, 5.41) is 28.3. The highest BCUT2D eigenvalue weighted by Crippen LogP contribution is 2.38. The Morgan fingerprint density at radius 2 is 1.86 bits per heavy atom. The maximum atomic E-state index is 10.0. The van der Waals surface area contributed by atoms with E-state index in [2.05, 4.69) is 22.9 Å². The van der Waals surface area contributed by atoms with Crippen LogP contribution in [0.4, 0.5) is 0 Å². The Hall–Kier alpha value is -1.89. The van der Waals surface area contributed by atoms with Crippen LogP contribution in [0.2, 0.25) is 10.0 Å². The lowest BCUT2D eigenvalue weighted by Crippen LogP contribution is -2.00. The van der Waals surface area contributed by atoms with Gasteiger partial charge in [-0.05, 0) is 18.2 Å². The number of phenols is 2. The van der Waals surface area contributed by atoms with E-state index in [9.17, 15) is 10.2 Å². The summed E-state index contributed by atoms with van der Waals surface area (Å²) in [4.78, 5) is 0. The molecule has 2 aromatic carbocycles. The first-order valence-electron chi connectivity index (χ1n) is 6.10. The molecule has 0 spiro atoms. The van der Waals surface area contributed by atoms with Crippen molar-refractivity contribution < 1.29 is 10.2 Å². The van der Waals surface area contributed by atoms with Crippen LogP contribution >= 0.6 is 35.8 Å². The Morgan fingerprint density at radius 1 is 1.09 bits per heavy atom. The van der Waals surface area contributed by atoms with Crippen molar-refractivity contribution in [1.82, 2.24) is 15.0 Å². The molecule has 112 valence electrons. The van der Waals surface area contributed by atoms with Crippen molar-refractivity contribution in [2.24, 2.45) is 0 Å². The maximum absolute atomic E-state index is 10.0. The van der Waals surface area contributed by atoms with Gasteiger partial charge in [-0.2, -0.15) is 0 Å². The lowest BCUT2D eigenvalue weighted by Gasteiger charge is -2.11. The summed E-state index contributed by atoms with van der Waals surface area (Å²) in [6.45, 7) is 0. The number of hydrogen-bond acceptors (Lipinski definition) is 5. The van der Waals surface area contributed by atoms with E-state index in [1.54, 1.807) is 18.2 Å². The zero-order chi connectivity index (χ0) is 15.9. The molecule has 0 amide bonds. The molecule has 0 bridgehead atoms. The van der Waals surface area contributed by atoms with Gasteiger partial charge in [-0.15, -0.1) is 17.7 Å². The van der Waals surface area contributed by atoms with Crippen LogP contribution in [-0.4, -0.2) is 25.2 Å². The van der Waals surface area contributed by atoms with Gasteiger partial charge in [0.05, 0.1) is 10.0 Å². The van der Waals surface area contributed by atoms with Gasteiger partial charge in [0.2, 0.25) is 0 Å². The van der Waals surface area contributed by atoms with Crippen molar-refractivity contribution in [2.75, 3.05) is 0 Å². The smallest absolute Gasteiger partial charge is 0.145 e. The van der Waals surface area contributed by atoms with Crippen molar-refractivity contribution in [3.05, 3.63) is 46.4 Å². The van der Waals surface area contributed by atoms with Crippen LogP contribution in [0.25, 0.3) is 16.9 Å². The SMILES string of the molecule is Oc1ccc(-n2nnc(S)c2-c2cccc(Cl)c2Cl)c(O)c1. The Labute approximate surface area is 141 Å². The van der Waals surface area contributed by atoms with Gasteiger partial charge in [0.15, 0.2) is 0 Å². The van der Waals surface area contributed by atoms with Crippen LogP contribution in [-0.2, 0) is 0 Å². The fraction of sp³-hybridized carbons (Fsp3) is 0. The van der Waals surface area contributed by atoms with Gasteiger partial charge in [-0.3, -0.25) is 0 Å². The second kappa shape index (κ2) is 5.72. The normalized spacial score (nSPS) is 10.9. The largest absolute Gasteiger partial charge is 0.508 e. The lowest BCUT2D eigenvalue weighted by molar-refractivity contribution is 0.447. The van der Waals surface area contributed by atoms with Gasteiger partial charge in [0, 0.05) is 11.6 Å².